The number of alkyl halides is 3. The molecule has 3 aromatic rings. The number of rotatable bonds is 6. The second-order valence-electron chi connectivity index (χ2n) is 5.64. The van der Waals surface area contributed by atoms with Crippen LogP contribution in [0.5, 0.6) is 11.8 Å². The van der Waals surface area contributed by atoms with Crippen LogP contribution in [0.1, 0.15) is 5.56 Å². The Labute approximate surface area is 153 Å². The fourth-order valence-electron chi connectivity index (χ4n) is 2.42. The van der Waals surface area contributed by atoms with Crippen molar-refractivity contribution in [3.05, 3.63) is 54.2 Å². The van der Waals surface area contributed by atoms with Crippen LogP contribution >= 0.6 is 0 Å². The lowest BCUT2D eigenvalue weighted by Gasteiger charge is -2.08. The molecule has 6 nitrogen and oxygen atoms in total. The van der Waals surface area contributed by atoms with Crippen molar-refractivity contribution in [3.63, 3.8) is 0 Å². The average Bonchev–Trinajstić information content (AvgIpc) is 3.10. The second kappa shape index (κ2) is 7.67. The van der Waals surface area contributed by atoms with Gasteiger partial charge in [-0.25, -0.2) is 9.67 Å². The van der Waals surface area contributed by atoms with E-state index in [1.54, 1.807) is 12.1 Å². The summed E-state index contributed by atoms with van der Waals surface area (Å²) in [5.74, 6) is 0.273. The molecule has 0 aliphatic heterocycles. The van der Waals surface area contributed by atoms with Gasteiger partial charge in [0.2, 0.25) is 11.8 Å². The largest absolute Gasteiger partial charge is 0.481 e. The Hall–Kier alpha value is -3.07. The molecule has 2 N–H and O–H groups in total. The van der Waals surface area contributed by atoms with E-state index in [0.29, 0.717) is 23.8 Å². The van der Waals surface area contributed by atoms with Gasteiger partial charge in [0.05, 0.1) is 24.7 Å². The molecule has 0 saturated carbocycles. The standard InChI is InChI=1S/C18H17F3N4O2/c1-26-16-7-6-14(10-23-16)25-15(13-4-2-12(9-22)3-5-13)8-17(24-25)27-11-18(19,20)21/h2-8,10H,9,11,22H2,1H3. The average molecular weight is 378 g/mol. The molecule has 0 atom stereocenters. The Morgan fingerprint density at radius 2 is 1.81 bits per heavy atom. The molecule has 0 spiro atoms. The lowest BCUT2D eigenvalue weighted by Crippen LogP contribution is -2.19. The topological polar surface area (TPSA) is 75.2 Å². The van der Waals surface area contributed by atoms with E-state index < -0.39 is 12.8 Å². The Balaban J connectivity index is 2.00. The fraction of sp³-hybridized carbons (Fsp3) is 0.222. The first kappa shape index (κ1) is 18.7. The zero-order chi connectivity index (χ0) is 19.4. The molecule has 3 rings (SSSR count). The molecular weight excluding hydrogens is 361 g/mol. The summed E-state index contributed by atoms with van der Waals surface area (Å²) in [7, 11) is 1.49. The van der Waals surface area contributed by atoms with Crippen LogP contribution in [0.2, 0.25) is 0 Å². The van der Waals surface area contributed by atoms with Gasteiger partial charge < -0.3 is 15.2 Å². The summed E-state index contributed by atoms with van der Waals surface area (Å²) in [6, 6.07) is 12.1. The number of aromatic nitrogens is 3. The maximum Gasteiger partial charge on any atom is 0.422 e. The van der Waals surface area contributed by atoms with Crippen molar-refractivity contribution in [1.29, 1.82) is 0 Å². The lowest BCUT2D eigenvalue weighted by molar-refractivity contribution is -0.154. The van der Waals surface area contributed by atoms with E-state index in [1.165, 1.54) is 24.1 Å². The minimum absolute atomic E-state index is 0.138. The Bertz CT molecular complexity index is 825. The number of pyridine rings is 1. The van der Waals surface area contributed by atoms with Gasteiger partial charge in [-0.3, -0.25) is 0 Å². The first-order chi connectivity index (χ1) is 12.9. The van der Waals surface area contributed by atoms with E-state index in [0.717, 1.165) is 11.1 Å². The van der Waals surface area contributed by atoms with E-state index in [4.69, 9.17) is 15.2 Å². The van der Waals surface area contributed by atoms with Crippen LogP contribution in [-0.2, 0) is 6.54 Å². The van der Waals surface area contributed by atoms with Crippen LogP contribution in [0, 0.1) is 0 Å². The molecule has 0 aliphatic rings. The highest BCUT2D eigenvalue weighted by atomic mass is 19.4. The Morgan fingerprint density at radius 3 is 2.37 bits per heavy atom. The normalized spacial score (nSPS) is 11.4. The van der Waals surface area contributed by atoms with Gasteiger partial charge in [0, 0.05) is 24.2 Å². The zero-order valence-electron chi connectivity index (χ0n) is 14.4. The first-order valence-corrected chi connectivity index (χ1v) is 7.99. The highest BCUT2D eigenvalue weighted by Gasteiger charge is 2.29. The van der Waals surface area contributed by atoms with Crippen LogP contribution in [-0.4, -0.2) is 34.7 Å². The molecule has 9 heteroatoms. The maximum absolute atomic E-state index is 12.5. The molecule has 0 fully saturated rings. The van der Waals surface area contributed by atoms with Gasteiger partial charge in [-0.2, -0.15) is 13.2 Å². The third-order valence-electron chi connectivity index (χ3n) is 3.73. The van der Waals surface area contributed by atoms with Crippen molar-refractivity contribution in [1.82, 2.24) is 14.8 Å². The number of halogens is 3. The Kier molecular flexibility index (Phi) is 5.31. The van der Waals surface area contributed by atoms with Crippen molar-refractivity contribution in [2.75, 3.05) is 13.7 Å². The third kappa shape index (κ3) is 4.56. The van der Waals surface area contributed by atoms with Crippen LogP contribution in [0.3, 0.4) is 0 Å². The molecule has 142 valence electrons. The quantitative estimate of drug-likeness (QED) is 0.712. The first-order valence-electron chi connectivity index (χ1n) is 7.99. The monoisotopic (exact) mass is 378 g/mol. The second-order valence-corrected chi connectivity index (χ2v) is 5.64. The van der Waals surface area contributed by atoms with E-state index in [2.05, 4.69) is 10.1 Å². The summed E-state index contributed by atoms with van der Waals surface area (Å²) in [5, 5.41) is 4.15. The molecule has 27 heavy (non-hydrogen) atoms. The summed E-state index contributed by atoms with van der Waals surface area (Å²) in [4.78, 5) is 4.11. The highest BCUT2D eigenvalue weighted by Crippen LogP contribution is 2.28. The number of hydrogen-bond donors (Lipinski definition) is 1. The maximum atomic E-state index is 12.5. The minimum atomic E-state index is -4.45. The molecule has 0 radical (unpaired) electrons. The molecule has 1 aromatic carbocycles. The van der Waals surface area contributed by atoms with Gasteiger partial charge in [0.15, 0.2) is 6.61 Å². The van der Waals surface area contributed by atoms with Gasteiger partial charge in [-0.1, -0.05) is 24.3 Å². The van der Waals surface area contributed by atoms with Gasteiger partial charge in [-0.15, -0.1) is 5.10 Å². The van der Waals surface area contributed by atoms with E-state index in [9.17, 15) is 13.2 Å². The molecule has 0 amide bonds. The summed E-state index contributed by atoms with van der Waals surface area (Å²) >= 11 is 0. The number of methoxy groups -OCH3 is 1. The van der Waals surface area contributed by atoms with Crippen molar-refractivity contribution < 1.29 is 22.6 Å². The van der Waals surface area contributed by atoms with Gasteiger partial charge in [0.1, 0.15) is 0 Å². The van der Waals surface area contributed by atoms with Crippen molar-refractivity contribution in [3.8, 4) is 28.7 Å². The van der Waals surface area contributed by atoms with Crippen LogP contribution in [0.25, 0.3) is 16.9 Å². The summed E-state index contributed by atoms with van der Waals surface area (Å²) < 4.78 is 48.7. The van der Waals surface area contributed by atoms with Gasteiger partial charge in [0.25, 0.3) is 0 Å². The number of nitrogens with two attached hydrogens (primary N) is 1. The molecule has 0 bridgehead atoms. The summed E-state index contributed by atoms with van der Waals surface area (Å²) in [5.41, 5.74) is 8.40. The molecule has 0 unspecified atom stereocenters. The lowest BCUT2D eigenvalue weighted by atomic mass is 10.1. The zero-order valence-corrected chi connectivity index (χ0v) is 14.4. The number of benzene rings is 1. The highest BCUT2D eigenvalue weighted by molar-refractivity contribution is 5.63. The molecular formula is C18H17F3N4O2. The molecule has 2 aromatic heterocycles. The number of hydrogen-bond acceptors (Lipinski definition) is 5. The van der Waals surface area contributed by atoms with Gasteiger partial charge in [-0.05, 0) is 11.6 Å². The van der Waals surface area contributed by atoms with Crippen LogP contribution in [0.15, 0.2) is 48.7 Å². The SMILES string of the molecule is COc1ccc(-n2nc(OCC(F)(F)F)cc2-c2ccc(CN)cc2)cn1. The number of ether oxygens (including phenoxy) is 2. The summed E-state index contributed by atoms with van der Waals surface area (Å²) in [6.07, 6.45) is -2.94. The predicted octanol–water partition coefficient (Wildman–Crippen LogP) is 3.34. The molecule has 2 heterocycles. The van der Waals surface area contributed by atoms with Crippen LogP contribution < -0.4 is 15.2 Å². The van der Waals surface area contributed by atoms with Gasteiger partial charge >= 0.3 is 6.18 Å². The Morgan fingerprint density at radius 1 is 1.07 bits per heavy atom. The van der Waals surface area contributed by atoms with E-state index in [1.807, 2.05) is 24.3 Å². The van der Waals surface area contributed by atoms with Crippen molar-refractivity contribution in [2.45, 2.75) is 12.7 Å². The fourth-order valence-corrected chi connectivity index (χ4v) is 2.42. The van der Waals surface area contributed by atoms with E-state index in [-0.39, 0.29) is 5.88 Å². The van der Waals surface area contributed by atoms with E-state index >= 15 is 0 Å². The van der Waals surface area contributed by atoms with Crippen LogP contribution in [0.4, 0.5) is 13.2 Å². The molecule has 0 saturated heterocycles. The van der Waals surface area contributed by atoms with Crippen molar-refractivity contribution >= 4 is 0 Å². The third-order valence-corrected chi connectivity index (χ3v) is 3.73. The molecule has 0 aliphatic carbocycles. The predicted molar refractivity (Wildman–Crippen MR) is 92.8 cm³/mol. The summed E-state index contributed by atoms with van der Waals surface area (Å²) in [6.45, 7) is -1.03. The minimum Gasteiger partial charge on any atom is -0.481 e. The van der Waals surface area contributed by atoms with Crippen molar-refractivity contribution in [2.24, 2.45) is 5.73 Å². The number of nitrogens with zero attached hydrogens (tertiary/aromatic N) is 3. The smallest absolute Gasteiger partial charge is 0.422 e.